The van der Waals surface area contributed by atoms with Crippen molar-refractivity contribution in [2.24, 2.45) is 5.41 Å². The molecule has 2 unspecified atom stereocenters. The molecule has 0 aromatic heterocycles. The first-order valence-corrected chi connectivity index (χ1v) is 12.9. The minimum atomic E-state index is -4.30. The summed E-state index contributed by atoms with van der Waals surface area (Å²) < 4.78 is 43.7. The second kappa shape index (κ2) is 10.7. The van der Waals surface area contributed by atoms with Crippen molar-refractivity contribution >= 4 is 21.9 Å². The van der Waals surface area contributed by atoms with Crippen molar-refractivity contribution in [1.82, 2.24) is 4.90 Å². The molecular formula is C26H31NO7S. The topological polar surface area (TPSA) is 110 Å². The first kappa shape index (κ1) is 26.6. The standard InChI is InChI=1S/C26H31NO7S/c1-5-23(34-17-18-10-12-20(33-4)13-11-18)26(2,3)16-19(14-15-35(30,31)32)27-24(28)21-8-6-7-9-22(21)25(27)29/h5-13,19,23H,1,14-17H2,2-4H3,(H,30,31,32). The maximum atomic E-state index is 13.1. The lowest BCUT2D eigenvalue weighted by molar-refractivity contribution is -0.0177. The fraction of sp³-hybridized carbons (Fsp3) is 0.385. The van der Waals surface area contributed by atoms with E-state index in [4.69, 9.17) is 9.47 Å². The predicted molar refractivity (Wildman–Crippen MR) is 132 cm³/mol. The molecule has 0 bridgehead atoms. The van der Waals surface area contributed by atoms with Gasteiger partial charge in [-0.3, -0.25) is 19.0 Å². The van der Waals surface area contributed by atoms with Gasteiger partial charge in [-0.15, -0.1) is 6.58 Å². The van der Waals surface area contributed by atoms with Crippen molar-refractivity contribution in [3.05, 3.63) is 77.9 Å². The molecule has 1 N–H and O–H groups in total. The van der Waals surface area contributed by atoms with Crippen LogP contribution in [0.3, 0.4) is 0 Å². The molecule has 2 atom stereocenters. The number of rotatable bonds is 12. The molecule has 2 aromatic rings. The molecule has 0 saturated carbocycles. The number of benzene rings is 2. The number of ether oxygens (including phenoxy) is 2. The Kier molecular flexibility index (Phi) is 8.15. The average molecular weight is 502 g/mol. The molecule has 9 heteroatoms. The Labute approximate surface area is 206 Å². The highest BCUT2D eigenvalue weighted by atomic mass is 32.2. The summed E-state index contributed by atoms with van der Waals surface area (Å²) in [6.45, 7) is 8.01. The van der Waals surface area contributed by atoms with E-state index in [2.05, 4.69) is 6.58 Å². The summed E-state index contributed by atoms with van der Waals surface area (Å²) in [5.74, 6) is -0.795. The van der Waals surface area contributed by atoms with Crippen LogP contribution in [0.25, 0.3) is 0 Å². The zero-order chi connectivity index (χ0) is 25.8. The van der Waals surface area contributed by atoms with Crippen molar-refractivity contribution in [3.8, 4) is 5.75 Å². The Morgan fingerprint density at radius 3 is 2.11 bits per heavy atom. The first-order chi connectivity index (χ1) is 16.5. The van der Waals surface area contributed by atoms with Gasteiger partial charge in [0.2, 0.25) is 0 Å². The van der Waals surface area contributed by atoms with E-state index in [0.29, 0.717) is 6.61 Å². The van der Waals surface area contributed by atoms with Crippen LogP contribution in [0.5, 0.6) is 5.75 Å². The van der Waals surface area contributed by atoms with E-state index >= 15 is 0 Å². The zero-order valence-electron chi connectivity index (χ0n) is 20.1. The quantitative estimate of drug-likeness (QED) is 0.265. The van der Waals surface area contributed by atoms with E-state index in [1.807, 2.05) is 38.1 Å². The van der Waals surface area contributed by atoms with Gasteiger partial charge in [-0.2, -0.15) is 8.42 Å². The van der Waals surface area contributed by atoms with Gasteiger partial charge in [-0.25, -0.2) is 0 Å². The first-order valence-electron chi connectivity index (χ1n) is 11.3. The van der Waals surface area contributed by atoms with Gasteiger partial charge in [0.1, 0.15) is 5.75 Å². The Hall–Kier alpha value is -3.01. The summed E-state index contributed by atoms with van der Waals surface area (Å²) in [5.41, 5.74) is 0.857. The van der Waals surface area contributed by atoms with Crippen LogP contribution < -0.4 is 4.74 Å². The van der Waals surface area contributed by atoms with Gasteiger partial charge in [0.15, 0.2) is 0 Å². The van der Waals surface area contributed by atoms with Crippen LogP contribution in [-0.4, -0.2) is 54.7 Å². The van der Waals surface area contributed by atoms with Gasteiger partial charge in [-0.05, 0) is 48.1 Å². The monoisotopic (exact) mass is 501 g/mol. The molecule has 0 spiro atoms. The van der Waals surface area contributed by atoms with Gasteiger partial charge in [0.25, 0.3) is 21.9 Å². The molecule has 0 saturated heterocycles. The fourth-order valence-electron chi connectivity index (χ4n) is 4.39. The Balaban J connectivity index is 1.81. The fourth-order valence-corrected chi connectivity index (χ4v) is 4.96. The van der Waals surface area contributed by atoms with Crippen molar-refractivity contribution < 1.29 is 32.0 Å². The van der Waals surface area contributed by atoms with E-state index in [0.717, 1.165) is 16.2 Å². The third kappa shape index (κ3) is 6.36. The normalized spacial score (nSPS) is 15.6. The number of imide groups is 1. The molecule has 3 rings (SSSR count). The second-order valence-corrected chi connectivity index (χ2v) is 10.8. The number of hydrogen-bond acceptors (Lipinski definition) is 6. The van der Waals surface area contributed by atoms with Crippen molar-refractivity contribution in [2.75, 3.05) is 12.9 Å². The van der Waals surface area contributed by atoms with Crippen molar-refractivity contribution in [3.63, 3.8) is 0 Å². The number of carbonyl (C=O) groups excluding carboxylic acids is 2. The van der Waals surface area contributed by atoms with Gasteiger partial charge in [0.05, 0.1) is 36.7 Å². The largest absolute Gasteiger partial charge is 0.497 e. The van der Waals surface area contributed by atoms with E-state index in [1.54, 1.807) is 37.5 Å². The maximum absolute atomic E-state index is 13.1. The summed E-state index contributed by atoms with van der Waals surface area (Å²) in [6.07, 6.45) is 1.34. The lowest BCUT2D eigenvalue weighted by Crippen LogP contribution is -2.45. The van der Waals surface area contributed by atoms with Crippen LogP contribution in [0.1, 0.15) is 53.0 Å². The SMILES string of the molecule is C=CC(OCc1ccc(OC)cc1)C(C)(C)CC(CCS(=O)(=O)O)N1C(=O)c2ccccc2C1=O. The minimum absolute atomic E-state index is 0.101. The molecule has 0 radical (unpaired) electrons. The number of nitrogens with zero attached hydrogens (tertiary/aromatic N) is 1. The molecule has 1 aliphatic heterocycles. The van der Waals surface area contributed by atoms with Crippen LogP contribution in [-0.2, 0) is 21.5 Å². The van der Waals surface area contributed by atoms with E-state index < -0.39 is 45.2 Å². The zero-order valence-corrected chi connectivity index (χ0v) is 21.0. The lowest BCUT2D eigenvalue weighted by atomic mass is 9.79. The third-order valence-corrected chi connectivity index (χ3v) is 6.99. The molecule has 188 valence electrons. The van der Waals surface area contributed by atoms with Gasteiger partial charge >= 0.3 is 0 Å². The van der Waals surface area contributed by atoms with Crippen LogP contribution in [0.15, 0.2) is 61.2 Å². The molecule has 1 heterocycles. The highest BCUT2D eigenvalue weighted by Gasteiger charge is 2.43. The van der Waals surface area contributed by atoms with Gasteiger partial charge in [-0.1, -0.05) is 44.2 Å². The predicted octanol–water partition coefficient (Wildman–Crippen LogP) is 4.13. The van der Waals surface area contributed by atoms with Gasteiger partial charge in [0, 0.05) is 6.04 Å². The van der Waals surface area contributed by atoms with E-state index in [1.165, 1.54) is 0 Å². The number of hydrogen-bond donors (Lipinski definition) is 1. The molecule has 0 fully saturated rings. The highest BCUT2D eigenvalue weighted by Crippen LogP contribution is 2.36. The average Bonchev–Trinajstić information content (AvgIpc) is 3.07. The molecule has 0 aliphatic carbocycles. The third-order valence-electron chi connectivity index (χ3n) is 6.23. The summed E-state index contributed by atoms with van der Waals surface area (Å²) >= 11 is 0. The van der Waals surface area contributed by atoms with Crippen LogP contribution >= 0.6 is 0 Å². The molecule has 8 nitrogen and oxygen atoms in total. The summed E-state index contributed by atoms with van der Waals surface area (Å²) in [7, 11) is -2.70. The molecule has 2 amide bonds. The lowest BCUT2D eigenvalue weighted by Gasteiger charge is -2.38. The van der Waals surface area contributed by atoms with Gasteiger partial charge < -0.3 is 9.47 Å². The number of methoxy groups -OCH3 is 1. The summed E-state index contributed by atoms with van der Waals surface area (Å²) in [5, 5.41) is 0. The number of amides is 2. The maximum Gasteiger partial charge on any atom is 0.264 e. The Morgan fingerprint density at radius 2 is 1.63 bits per heavy atom. The Bertz CT molecular complexity index is 1150. The second-order valence-electron chi connectivity index (χ2n) is 9.26. The molecule has 35 heavy (non-hydrogen) atoms. The smallest absolute Gasteiger partial charge is 0.264 e. The number of fused-ring (bicyclic) bond motifs is 1. The van der Waals surface area contributed by atoms with Crippen LogP contribution in [0.2, 0.25) is 0 Å². The Morgan fingerprint density at radius 1 is 1.06 bits per heavy atom. The van der Waals surface area contributed by atoms with E-state index in [-0.39, 0.29) is 24.0 Å². The summed E-state index contributed by atoms with van der Waals surface area (Å²) in [6, 6.07) is 13.2. The van der Waals surface area contributed by atoms with E-state index in [9.17, 15) is 22.6 Å². The van der Waals surface area contributed by atoms with Crippen molar-refractivity contribution in [2.45, 2.75) is 45.4 Å². The summed E-state index contributed by atoms with van der Waals surface area (Å²) in [4.78, 5) is 27.3. The molecule has 1 aliphatic rings. The highest BCUT2D eigenvalue weighted by molar-refractivity contribution is 7.85. The molecular weight excluding hydrogens is 470 g/mol. The van der Waals surface area contributed by atoms with Crippen LogP contribution in [0.4, 0.5) is 0 Å². The van der Waals surface area contributed by atoms with Crippen LogP contribution in [0, 0.1) is 5.41 Å². The number of carbonyl (C=O) groups is 2. The minimum Gasteiger partial charge on any atom is -0.497 e. The molecule has 2 aromatic carbocycles. The van der Waals surface area contributed by atoms with Crippen molar-refractivity contribution in [1.29, 1.82) is 0 Å².